The second-order valence-corrected chi connectivity index (χ2v) is 9.68. The van der Waals surface area contributed by atoms with Crippen LogP contribution >= 0.6 is 11.8 Å². The lowest BCUT2D eigenvalue weighted by Gasteiger charge is -2.53. The zero-order valence-corrected chi connectivity index (χ0v) is 16.1. The number of anilines is 1. The van der Waals surface area contributed by atoms with E-state index in [1.165, 1.54) is 0 Å². The molecule has 0 amide bonds. The van der Waals surface area contributed by atoms with Crippen LogP contribution in [-0.4, -0.2) is 58.7 Å². The first-order valence-electron chi connectivity index (χ1n) is 9.79. The highest BCUT2D eigenvalue weighted by molar-refractivity contribution is 8.04. The predicted octanol–water partition coefficient (Wildman–Crippen LogP) is -1.33. The van der Waals surface area contributed by atoms with Crippen molar-refractivity contribution in [1.29, 1.82) is 0 Å². The highest BCUT2D eigenvalue weighted by Crippen LogP contribution is 2.61. The number of carbonyl (C=O) groups is 2. The van der Waals surface area contributed by atoms with Gasteiger partial charge < -0.3 is 20.4 Å². The number of rotatable bonds is 3. The van der Waals surface area contributed by atoms with Gasteiger partial charge in [-0.05, 0) is 24.5 Å². The average Bonchev–Trinajstić information content (AvgIpc) is 3.23. The van der Waals surface area contributed by atoms with Gasteiger partial charge in [0, 0.05) is 28.4 Å². The van der Waals surface area contributed by atoms with Crippen LogP contribution < -0.4 is 20.8 Å². The van der Waals surface area contributed by atoms with Gasteiger partial charge in [-0.2, -0.15) is 0 Å². The van der Waals surface area contributed by atoms with Gasteiger partial charge in [0.2, 0.25) is 0 Å². The minimum absolute atomic E-state index is 0.0358. The molecule has 9 heteroatoms. The molecule has 0 unspecified atom stereocenters. The Morgan fingerprint density at radius 1 is 1.45 bits per heavy atom. The minimum atomic E-state index is -0.896. The molecular weight excluding hydrogens is 392 g/mol. The SMILES string of the molecule is O=C(O)C[NH2+][C@H]1[C@@H]2C(=O)C=C3S[C@H]4C[C@@]31c1c3c5c(c(O)c1=N4)N=CC=5CCN32. The molecule has 3 bridgehead atoms. The Morgan fingerprint density at radius 3 is 3.14 bits per heavy atom. The normalized spacial score (nSPS) is 33.7. The van der Waals surface area contributed by atoms with Crippen molar-refractivity contribution in [2.24, 2.45) is 9.98 Å². The van der Waals surface area contributed by atoms with Crippen molar-refractivity contribution in [1.82, 2.24) is 0 Å². The number of fused-ring (bicyclic) bond motifs is 3. The molecule has 1 aromatic rings. The fourth-order valence-corrected chi connectivity index (χ4v) is 7.81. The quantitative estimate of drug-likeness (QED) is 0.569. The Hall–Kier alpha value is -2.65. The zero-order chi connectivity index (χ0) is 19.7. The number of carboxylic acids is 1. The van der Waals surface area contributed by atoms with Crippen molar-refractivity contribution >= 4 is 46.7 Å². The summed E-state index contributed by atoms with van der Waals surface area (Å²) in [5.41, 5.74) is 3.13. The number of benzene rings is 1. The van der Waals surface area contributed by atoms with Gasteiger partial charge in [0.05, 0.1) is 11.1 Å². The summed E-state index contributed by atoms with van der Waals surface area (Å²) in [6.07, 6.45) is 5.06. The summed E-state index contributed by atoms with van der Waals surface area (Å²) in [6.45, 7) is 0.584. The van der Waals surface area contributed by atoms with E-state index in [1.54, 1.807) is 17.8 Å². The van der Waals surface area contributed by atoms with E-state index in [-0.39, 0.29) is 29.5 Å². The highest BCUT2D eigenvalue weighted by atomic mass is 32.2. The van der Waals surface area contributed by atoms with Crippen molar-refractivity contribution in [2.45, 2.75) is 35.7 Å². The lowest BCUT2D eigenvalue weighted by molar-refractivity contribution is -0.689. The maximum Gasteiger partial charge on any atom is 0.359 e. The van der Waals surface area contributed by atoms with Crippen LogP contribution in [0.4, 0.5) is 11.4 Å². The minimum Gasteiger partial charge on any atom is -0.504 e. The van der Waals surface area contributed by atoms with E-state index in [1.807, 2.05) is 11.5 Å². The number of aliphatic carboxylic acids is 1. The van der Waals surface area contributed by atoms with Crippen molar-refractivity contribution in [2.75, 3.05) is 18.0 Å². The molecule has 1 spiro atoms. The Kier molecular flexibility index (Phi) is 2.74. The first-order valence-corrected chi connectivity index (χ1v) is 10.7. The number of carbonyl (C=O) groups excluding carboxylic acids is 1. The van der Waals surface area contributed by atoms with Crippen LogP contribution in [0.15, 0.2) is 21.0 Å². The Morgan fingerprint density at radius 2 is 2.31 bits per heavy atom. The topological polar surface area (TPSA) is 119 Å². The molecule has 29 heavy (non-hydrogen) atoms. The molecule has 1 aliphatic carbocycles. The third-order valence-corrected chi connectivity index (χ3v) is 8.53. The van der Waals surface area contributed by atoms with Gasteiger partial charge in [-0.25, -0.2) is 4.79 Å². The molecule has 1 aromatic carbocycles. The number of nitrogens with zero attached hydrogens (tertiary/aromatic N) is 3. The second-order valence-electron chi connectivity index (χ2n) is 8.46. The third kappa shape index (κ3) is 1.66. The van der Waals surface area contributed by atoms with E-state index in [0.29, 0.717) is 17.6 Å². The molecule has 8 nitrogen and oxygen atoms in total. The van der Waals surface area contributed by atoms with Crippen molar-refractivity contribution in [3.63, 3.8) is 0 Å². The van der Waals surface area contributed by atoms with Crippen molar-refractivity contribution < 1.29 is 25.1 Å². The number of hydrogen-bond donors (Lipinski definition) is 3. The maximum absolute atomic E-state index is 13.3. The van der Waals surface area contributed by atoms with Gasteiger partial charge in [-0.15, -0.1) is 11.8 Å². The first-order chi connectivity index (χ1) is 14.0. The number of nitrogens with two attached hydrogens (primary N) is 1. The monoisotopic (exact) mass is 409 g/mol. The van der Waals surface area contributed by atoms with Crippen LogP contribution in [0, 0.1) is 0 Å². The molecule has 0 aromatic heterocycles. The Balaban J connectivity index is 1.64. The predicted molar refractivity (Wildman–Crippen MR) is 105 cm³/mol. The lowest BCUT2D eigenvalue weighted by Crippen LogP contribution is -3.00. The fraction of sp³-hybridized carbons (Fsp3) is 0.400. The Bertz CT molecular complexity index is 1270. The van der Waals surface area contributed by atoms with Gasteiger partial charge in [0.1, 0.15) is 28.5 Å². The van der Waals surface area contributed by atoms with Gasteiger partial charge in [0.15, 0.2) is 18.1 Å². The molecule has 1 fully saturated rings. The molecule has 5 aliphatic heterocycles. The van der Waals surface area contributed by atoms with Gasteiger partial charge in [-0.1, -0.05) is 0 Å². The summed E-state index contributed by atoms with van der Waals surface area (Å²) in [5.74, 6) is -0.745. The summed E-state index contributed by atoms with van der Waals surface area (Å²) in [5, 5.41) is 23.7. The molecular formula is C20H17N4O4S+. The molecule has 4 atom stereocenters. The van der Waals surface area contributed by atoms with Crippen LogP contribution in [0.3, 0.4) is 0 Å². The van der Waals surface area contributed by atoms with Crippen molar-refractivity contribution in [3.05, 3.63) is 27.1 Å². The number of quaternary nitrogens is 1. The third-order valence-electron chi connectivity index (χ3n) is 7.25. The molecule has 1 saturated heterocycles. The number of ketones is 1. The van der Waals surface area contributed by atoms with E-state index in [9.17, 15) is 19.8 Å². The van der Waals surface area contributed by atoms with Crippen molar-refractivity contribution in [3.8, 4) is 5.75 Å². The molecule has 6 aliphatic rings. The summed E-state index contributed by atoms with van der Waals surface area (Å²) in [4.78, 5) is 37.1. The molecule has 0 saturated carbocycles. The van der Waals surface area contributed by atoms with E-state index < -0.39 is 17.4 Å². The summed E-state index contributed by atoms with van der Waals surface area (Å²) in [7, 11) is 0. The van der Waals surface area contributed by atoms with Gasteiger partial charge in [0.25, 0.3) is 0 Å². The largest absolute Gasteiger partial charge is 0.504 e. The van der Waals surface area contributed by atoms with E-state index in [4.69, 9.17) is 4.99 Å². The summed E-state index contributed by atoms with van der Waals surface area (Å²) >= 11 is 1.58. The molecule has 4 N–H and O–H groups in total. The summed E-state index contributed by atoms with van der Waals surface area (Å²) in [6, 6.07) is -0.654. The maximum atomic E-state index is 13.3. The van der Waals surface area contributed by atoms with Gasteiger partial charge in [-0.3, -0.25) is 14.8 Å². The number of thioether (sulfide) groups is 1. The van der Waals surface area contributed by atoms with Crippen LogP contribution in [-0.2, 0) is 15.0 Å². The van der Waals surface area contributed by atoms with Crippen LogP contribution in [0.25, 0.3) is 5.57 Å². The molecule has 0 radical (unpaired) electrons. The molecule has 7 rings (SSSR count). The van der Waals surface area contributed by atoms with E-state index >= 15 is 0 Å². The second kappa shape index (κ2) is 4.91. The highest BCUT2D eigenvalue weighted by Gasteiger charge is 2.66. The first kappa shape index (κ1) is 16.2. The number of phenols is 1. The lowest BCUT2D eigenvalue weighted by atomic mass is 9.60. The van der Waals surface area contributed by atoms with E-state index in [0.717, 1.165) is 39.8 Å². The molecule has 5 heterocycles. The number of carboxylic acid groups (broad SMARTS) is 1. The number of aliphatic imine (C=N–C) groups is 1. The van der Waals surface area contributed by atoms with Crippen LogP contribution in [0.1, 0.15) is 18.4 Å². The fourth-order valence-electron chi connectivity index (χ4n) is 6.30. The Labute approximate surface area is 168 Å². The number of aromatic hydroxyl groups is 1. The number of phenolic OH excluding ortho intramolecular Hbond substituents is 1. The standard InChI is InChI=1S/C20H16N4O4S/c25-8-3-9-20-4-10(29-9)23-15-13(20)17-12-7(5-21-14(12)18(15)28)1-2-24(17)16(8)19(20)22-6-11(26)27/h3,5,10,16,19,22,28H,1-2,4,6H2,(H,26,27)/p+1/t10-,16-,19-,20-/m0/s1. The number of hydrogen-bond acceptors (Lipinski definition) is 7. The van der Waals surface area contributed by atoms with Crippen LogP contribution in [0.5, 0.6) is 5.75 Å². The molecule has 146 valence electrons. The smallest absolute Gasteiger partial charge is 0.359 e. The summed E-state index contributed by atoms with van der Waals surface area (Å²) < 4.78 is 0. The van der Waals surface area contributed by atoms with Crippen LogP contribution in [0.2, 0.25) is 0 Å². The zero-order valence-electron chi connectivity index (χ0n) is 15.3. The average molecular weight is 409 g/mol. The van der Waals surface area contributed by atoms with E-state index in [2.05, 4.69) is 9.89 Å². The van der Waals surface area contributed by atoms with Gasteiger partial charge >= 0.3 is 5.97 Å².